The Bertz CT molecular complexity index is 219. The minimum Gasteiger partial charge on any atom is -0.0925 e. The van der Waals surface area contributed by atoms with Crippen molar-refractivity contribution in [2.75, 3.05) is 5.33 Å². The van der Waals surface area contributed by atoms with Crippen LogP contribution in [0.15, 0.2) is 0 Å². The molecule has 0 nitrogen and oxygen atoms in total. The third-order valence-corrected chi connectivity index (χ3v) is 5.09. The van der Waals surface area contributed by atoms with Gasteiger partial charge in [-0.05, 0) is 41.4 Å². The zero-order valence-electron chi connectivity index (χ0n) is 13.9. The minimum atomic E-state index is 0.422. The highest BCUT2D eigenvalue weighted by Crippen LogP contribution is 2.36. The number of hydrogen-bond donors (Lipinski definition) is 0. The number of rotatable bonds is 6. The van der Waals surface area contributed by atoms with Crippen LogP contribution in [0.1, 0.15) is 74.7 Å². The molecule has 0 saturated carbocycles. The Kier molecular flexibility index (Phi) is 7.51. The second-order valence-corrected chi connectivity index (χ2v) is 9.16. The van der Waals surface area contributed by atoms with Gasteiger partial charge in [-0.1, -0.05) is 77.7 Å². The van der Waals surface area contributed by atoms with Crippen molar-refractivity contribution < 1.29 is 0 Å². The fraction of sp³-hybridized carbons (Fsp3) is 1.00. The quantitative estimate of drug-likeness (QED) is 0.488. The van der Waals surface area contributed by atoms with Crippen molar-refractivity contribution in [1.29, 1.82) is 0 Å². The summed E-state index contributed by atoms with van der Waals surface area (Å²) >= 11 is 3.72. The van der Waals surface area contributed by atoms with E-state index < -0.39 is 0 Å². The maximum atomic E-state index is 3.72. The third kappa shape index (κ3) is 7.81. The van der Waals surface area contributed by atoms with Crippen molar-refractivity contribution in [2.24, 2.45) is 28.6 Å². The first kappa shape index (κ1) is 18.5. The van der Waals surface area contributed by atoms with Gasteiger partial charge in [0.1, 0.15) is 0 Å². The van der Waals surface area contributed by atoms with Gasteiger partial charge < -0.3 is 0 Å². The Labute approximate surface area is 124 Å². The lowest BCUT2D eigenvalue weighted by Crippen LogP contribution is -2.27. The number of hydrogen-bond acceptors (Lipinski definition) is 0. The molecule has 0 aromatic rings. The second-order valence-electron chi connectivity index (χ2n) is 8.52. The van der Waals surface area contributed by atoms with E-state index in [-0.39, 0.29) is 0 Å². The molecule has 0 fully saturated rings. The molecule has 0 radical (unpaired) electrons. The van der Waals surface area contributed by atoms with Crippen molar-refractivity contribution in [3.05, 3.63) is 0 Å². The fourth-order valence-electron chi connectivity index (χ4n) is 2.81. The molecule has 0 saturated heterocycles. The first-order valence-electron chi connectivity index (χ1n) is 7.53. The van der Waals surface area contributed by atoms with Crippen LogP contribution in [0.25, 0.3) is 0 Å². The van der Waals surface area contributed by atoms with Crippen molar-refractivity contribution in [3.63, 3.8) is 0 Å². The first-order valence-corrected chi connectivity index (χ1v) is 8.65. The van der Waals surface area contributed by atoms with Crippen LogP contribution < -0.4 is 0 Å². The number of alkyl halides is 1. The second kappa shape index (κ2) is 7.31. The highest BCUT2D eigenvalue weighted by Gasteiger charge is 2.28. The summed E-state index contributed by atoms with van der Waals surface area (Å²) < 4.78 is 0. The first-order chi connectivity index (χ1) is 7.97. The van der Waals surface area contributed by atoms with Gasteiger partial charge in [-0.15, -0.1) is 0 Å². The molecule has 0 amide bonds. The number of halogens is 1. The van der Waals surface area contributed by atoms with Crippen molar-refractivity contribution >= 4 is 15.9 Å². The molecule has 0 aliphatic carbocycles. The van der Waals surface area contributed by atoms with Crippen LogP contribution in [0.2, 0.25) is 0 Å². The van der Waals surface area contributed by atoms with Crippen molar-refractivity contribution in [2.45, 2.75) is 74.7 Å². The average Bonchev–Trinajstić information content (AvgIpc) is 2.14. The monoisotopic (exact) mass is 318 g/mol. The van der Waals surface area contributed by atoms with Gasteiger partial charge in [0, 0.05) is 5.33 Å². The zero-order chi connectivity index (χ0) is 14.6. The summed E-state index contributed by atoms with van der Waals surface area (Å²) in [6.07, 6.45) is 4.07. The van der Waals surface area contributed by atoms with Crippen LogP contribution in [-0.4, -0.2) is 5.33 Å². The van der Waals surface area contributed by atoms with Gasteiger partial charge in [-0.25, -0.2) is 0 Å². The predicted molar refractivity (Wildman–Crippen MR) is 88.4 cm³/mol. The van der Waals surface area contributed by atoms with E-state index in [0.717, 1.165) is 23.1 Å². The van der Waals surface area contributed by atoms with E-state index in [1.165, 1.54) is 19.3 Å². The van der Waals surface area contributed by atoms with Gasteiger partial charge in [0.05, 0.1) is 0 Å². The van der Waals surface area contributed by atoms with Crippen LogP contribution in [0.4, 0.5) is 0 Å². The molecule has 1 heteroatoms. The Hall–Kier alpha value is 0.480. The van der Waals surface area contributed by atoms with Crippen LogP contribution in [0.5, 0.6) is 0 Å². The van der Waals surface area contributed by atoms with E-state index in [1.807, 2.05) is 0 Å². The highest BCUT2D eigenvalue weighted by atomic mass is 79.9. The molecule has 0 N–H and O–H groups in total. The molecule has 18 heavy (non-hydrogen) atoms. The molecule has 0 rings (SSSR count). The van der Waals surface area contributed by atoms with Crippen LogP contribution in [0.3, 0.4) is 0 Å². The van der Waals surface area contributed by atoms with Gasteiger partial charge in [-0.3, -0.25) is 0 Å². The standard InChI is InChI=1S/C17H35Br/c1-13(11-16(3,4)5)9-10-15(12-18)14(2)17(6,7)8/h13-15H,9-12H2,1-8H3. The van der Waals surface area contributed by atoms with Crippen LogP contribution in [-0.2, 0) is 0 Å². The lowest BCUT2D eigenvalue weighted by atomic mass is 9.72. The largest absolute Gasteiger partial charge is 0.0925 e. The molecular formula is C17H35Br. The van der Waals surface area contributed by atoms with Gasteiger partial charge >= 0.3 is 0 Å². The molecule has 0 heterocycles. The average molecular weight is 319 g/mol. The fourth-order valence-corrected chi connectivity index (χ4v) is 3.70. The van der Waals surface area contributed by atoms with E-state index in [4.69, 9.17) is 0 Å². The smallest absolute Gasteiger partial charge is 0.00624 e. The lowest BCUT2D eigenvalue weighted by Gasteiger charge is -2.34. The topological polar surface area (TPSA) is 0 Å². The summed E-state index contributed by atoms with van der Waals surface area (Å²) in [7, 11) is 0. The Morgan fingerprint density at radius 1 is 0.889 bits per heavy atom. The van der Waals surface area contributed by atoms with Gasteiger partial charge in [0.25, 0.3) is 0 Å². The third-order valence-electron chi connectivity index (χ3n) is 4.26. The highest BCUT2D eigenvalue weighted by molar-refractivity contribution is 9.09. The van der Waals surface area contributed by atoms with Gasteiger partial charge in [-0.2, -0.15) is 0 Å². The molecule has 3 unspecified atom stereocenters. The van der Waals surface area contributed by atoms with E-state index in [9.17, 15) is 0 Å². The van der Waals surface area contributed by atoms with E-state index in [0.29, 0.717) is 10.8 Å². The Morgan fingerprint density at radius 2 is 1.39 bits per heavy atom. The molecule has 0 aromatic heterocycles. The van der Waals surface area contributed by atoms with Crippen LogP contribution >= 0.6 is 15.9 Å². The van der Waals surface area contributed by atoms with Gasteiger partial charge in [0.2, 0.25) is 0 Å². The summed E-state index contributed by atoms with van der Waals surface area (Å²) in [4.78, 5) is 0. The van der Waals surface area contributed by atoms with Crippen LogP contribution in [0, 0.1) is 28.6 Å². The summed E-state index contributed by atoms with van der Waals surface area (Å²) in [5, 5.41) is 1.15. The zero-order valence-corrected chi connectivity index (χ0v) is 15.5. The van der Waals surface area contributed by atoms with E-state index >= 15 is 0 Å². The summed E-state index contributed by atoms with van der Waals surface area (Å²) in [6, 6.07) is 0. The maximum absolute atomic E-state index is 3.72. The normalized spacial score (nSPS) is 18.5. The minimum absolute atomic E-state index is 0.422. The molecule has 0 bridgehead atoms. The lowest BCUT2D eigenvalue weighted by molar-refractivity contribution is 0.172. The molecular weight excluding hydrogens is 284 g/mol. The molecule has 0 aliphatic rings. The summed E-state index contributed by atoms with van der Waals surface area (Å²) in [5.41, 5.74) is 0.894. The van der Waals surface area contributed by atoms with E-state index in [2.05, 4.69) is 71.3 Å². The van der Waals surface area contributed by atoms with Crippen molar-refractivity contribution in [3.8, 4) is 0 Å². The molecule has 110 valence electrons. The molecule has 0 aromatic carbocycles. The Morgan fingerprint density at radius 3 is 1.72 bits per heavy atom. The molecule has 0 aliphatic heterocycles. The Balaban J connectivity index is 4.24. The van der Waals surface area contributed by atoms with Gasteiger partial charge in [0.15, 0.2) is 0 Å². The maximum Gasteiger partial charge on any atom is 0.00624 e. The molecule has 3 atom stereocenters. The molecule has 0 spiro atoms. The van der Waals surface area contributed by atoms with Crippen molar-refractivity contribution in [1.82, 2.24) is 0 Å². The predicted octanol–water partition coefficient (Wildman–Crippen LogP) is 6.53. The SMILES string of the molecule is CC(CCC(CBr)C(C)C(C)(C)C)CC(C)(C)C. The summed E-state index contributed by atoms with van der Waals surface area (Å²) in [6.45, 7) is 19.0. The summed E-state index contributed by atoms with van der Waals surface area (Å²) in [5.74, 6) is 2.44. The van der Waals surface area contributed by atoms with E-state index in [1.54, 1.807) is 0 Å².